The fourth-order valence-electron chi connectivity index (χ4n) is 2.63. The molecular formula is C14H13ClF4O. The highest BCUT2D eigenvalue weighted by Gasteiger charge is 2.43. The Morgan fingerprint density at radius 3 is 2.55 bits per heavy atom. The lowest BCUT2D eigenvalue weighted by atomic mass is 9.77. The maximum absolute atomic E-state index is 13.7. The molecule has 1 fully saturated rings. The Morgan fingerprint density at radius 2 is 1.95 bits per heavy atom. The van der Waals surface area contributed by atoms with Crippen LogP contribution in [-0.2, 0) is 0 Å². The first-order chi connectivity index (χ1) is 9.29. The van der Waals surface area contributed by atoms with E-state index in [0.717, 1.165) is 6.07 Å². The van der Waals surface area contributed by atoms with Crippen LogP contribution < -0.4 is 0 Å². The fraction of sp³-hybridized carbons (Fsp3) is 0.500. The van der Waals surface area contributed by atoms with E-state index in [4.69, 9.17) is 11.6 Å². The molecule has 110 valence electrons. The first-order valence-electron chi connectivity index (χ1n) is 6.35. The third kappa shape index (κ3) is 3.32. The summed E-state index contributed by atoms with van der Waals surface area (Å²) in [5.74, 6) is -3.59. The minimum Gasteiger partial charge on any atom is -0.294 e. The minimum atomic E-state index is -4.29. The zero-order valence-corrected chi connectivity index (χ0v) is 11.3. The highest BCUT2D eigenvalue weighted by atomic mass is 35.5. The van der Waals surface area contributed by atoms with Gasteiger partial charge in [-0.25, -0.2) is 4.39 Å². The van der Waals surface area contributed by atoms with Crippen molar-refractivity contribution in [3.8, 4) is 0 Å². The summed E-state index contributed by atoms with van der Waals surface area (Å²) in [6.07, 6.45) is -3.82. The van der Waals surface area contributed by atoms with E-state index in [1.807, 2.05) is 0 Å². The zero-order chi connectivity index (χ0) is 14.9. The molecule has 1 aliphatic carbocycles. The number of carbonyl (C=O) groups is 1. The Balaban J connectivity index is 2.16. The lowest BCUT2D eigenvalue weighted by molar-refractivity contribution is -0.184. The zero-order valence-electron chi connectivity index (χ0n) is 10.5. The standard InChI is InChI=1S/C14H13ClF4O/c15-10-4-5-11(12(16)7-10)13(20)8-2-1-3-9(6-8)14(17,18)19/h4-5,7-9H,1-3,6H2. The molecule has 0 amide bonds. The molecule has 1 nitrogen and oxygen atoms in total. The van der Waals surface area contributed by atoms with E-state index < -0.39 is 29.6 Å². The summed E-state index contributed by atoms with van der Waals surface area (Å²) in [6, 6.07) is 3.60. The molecule has 0 heterocycles. The monoisotopic (exact) mass is 308 g/mol. The summed E-state index contributed by atoms with van der Waals surface area (Å²) in [6.45, 7) is 0. The fourth-order valence-corrected chi connectivity index (χ4v) is 2.79. The molecule has 0 N–H and O–H groups in total. The molecule has 20 heavy (non-hydrogen) atoms. The summed E-state index contributed by atoms with van der Waals surface area (Å²) in [5, 5.41) is 0.149. The van der Waals surface area contributed by atoms with E-state index in [0.29, 0.717) is 12.8 Å². The van der Waals surface area contributed by atoms with Gasteiger partial charge in [-0.05, 0) is 37.5 Å². The van der Waals surface area contributed by atoms with Crippen molar-refractivity contribution in [1.82, 2.24) is 0 Å². The lowest BCUT2D eigenvalue weighted by Crippen LogP contribution is -2.32. The number of ketones is 1. The number of hydrogen-bond donors (Lipinski definition) is 0. The molecule has 2 rings (SSSR count). The van der Waals surface area contributed by atoms with Crippen LogP contribution in [0.3, 0.4) is 0 Å². The Hall–Kier alpha value is -1.10. The molecule has 1 aromatic carbocycles. The summed E-state index contributed by atoms with van der Waals surface area (Å²) in [7, 11) is 0. The van der Waals surface area contributed by atoms with E-state index in [2.05, 4.69) is 0 Å². The average Bonchev–Trinajstić information content (AvgIpc) is 2.37. The van der Waals surface area contributed by atoms with Gasteiger partial charge >= 0.3 is 6.18 Å². The highest BCUT2D eigenvalue weighted by molar-refractivity contribution is 6.30. The van der Waals surface area contributed by atoms with Crippen LogP contribution in [0.15, 0.2) is 18.2 Å². The Bertz CT molecular complexity index is 512. The van der Waals surface area contributed by atoms with Gasteiger partial charge in [-0.1, -0.05) is 18.0 Å². The molecule has 6 heteroatoms. The first-order valence-corrected chi connectivity index (χ1v) is 6.73. The van der Waals surface area contributed by atoms with Gasteiger partial charge < -0.3 is 0 Å². The lowest BCUT2D eigenvalue weighted by Gasteiger charge is -2.29. The third-order valence-corrected chi connectivity index (χ3v) is 3.94. The van der Waals surface area contributed by atoms with Crippen molar-refractivity contribution in [3.63, 3.8) is 0 Å². The SMILES string of the molecule is O=C(c1ccc(Cl)cc1F)C1CCCC(C(F)(F)F)C1. The van der Waals surface area contributed by atoms with Crippen molar-refractivity contribution in [2.45, 2.75) is 31.9 Å². The van der Waals surface area contributed by atoms with E-state index in [1.54, 1.807) is 0 Å². The Kier molecular flexibility index (Phi) is 4.37. The number of rotatable bonds is 2. The molecule has 1 aromatic rings. The van der Waals surface area contributed by atoms with Gasteiger partial charge in [0.05, 0.1) is 11.5 Å². The largest absolute Gasteiger partial charge is 0.391 e. The van der Waals surface area contributed by atoms with Crippen LogP contribution in [0.1, 0.15) is 36.0 Å². The molecule has 0 bridgehead atoms. The second-order valence-corrected chi connectivity index (χ2v) is 5.53. The number of Topliss-reactive ketones (excluding diaryl/α,β-unsaturated/α-hetero) is 1. The quantitative estimate of drug-likeness (QED) is 0.553. The molecule has 1 saturated carbocycles. The van der Waals surface area contributed by atoms with Gasteiger partial charge in [-0.2, -0.15) is 13.2 Å². The summed E-state index contributed by atoms with van der Waals surface area (Å²) < 4.78 is 51.8. The van der Waals surface area contributed by atoms with E-state index >= 15 is 0 Å². The van der Waals surface area contributed by atoms with E-state index in [1.165, 1.54) is 12.1 Å². The normalized spacial score (nSPS) is 23.6. The predicted molar refractivity (Wildman–Crippen MR) is 67.2 cm³/mol. The predicted octanol–water partition coefficient (Wildman–Crippen LogP) is 5.03. The maximum Gasteiger partial charge on any atom is 0.391 e. The molecule has 1 aliphatic rings. The summed E-state index contributed by atoms with van der Waals surface area (Å²) in [5.41, 5.74) is -0.178. The van der Waals surface area contributed by atoms with Gasteiger partial charge in [0.2, 0.25) is 0 Å². The topological polar surface area (TPSA) is 17.1 Å². The molecule has 0 spiro atoms. The first kappa shape index (κ1) is 15.3. The minimum absolute atomic E-state index is 0.0381. The van der Waals surface area contributed by atoms with Gasteiger partial charge in [-0.15, -0.1) is 0 Å². The highest BCUT2D eigenvalue weighted by Crippen LogP contribution is 2.41. The Labute approximate surface area is 118 Å². The van der Waals surface area contributed by atoms with E-state index in [9.17, 15) is 22.4 Å². The number of halogens is 5. The Morgan fingerprint density at radius 1 is 1.25 bits per heavy atom. The van der Waals surface area contributed by atoms with Crippen molar-refractivity contribution < 1.29 is 22.4 Å². The summed E-state index contributed by atoms with van der Waals surface area (Å²) in [4.78, 5) is 12.2. The molecule has 2 unspecified atom stereocenters. The van der Waals surface area contributed by atoms with Gasteiger partial charge in [0.1, 0.15) is 5.82 Å². The smallest absolute Gasteiger partial charge is 0.294 e. The average molecular weight is 309 g/mol. The van der Waals surface area contributed by atoms with Crippen molar-refractivity contribution in [3.05, 3.63) is 34.6 Å². The summed E-state index contributed by atoms with van der Waals surface area (Å²) >= 11 is 5.59. The van der Waals surface area contributed by atoms with Crippen LogP contribution in [0.4, 0.5) is 17.6 Å². The number of carbonyl (C=O) groups excluding carboxylic acids is 1. The van der Waals surface area contributed by atoms with Crippen LogP contribution in [0.25, 0.3) is 0 Å². The third-order valence-electron chi connectivity index (χ3n) is 3.70. The second kappa shape index (κ2) is 5.72. The number of alkyl halides is 3. The second-order valence-electron chi connectivity index (χ2n) is 5.09. The molecule has 0 aromatic heterocycles. The van der Waals surface area contributed by atoms with Gasteiger partial charge in [0.15, 0.2) is 5.78 Å². The number of benzene rings is 1. The van der Waals surface area contributed by atoms with E-state index in [-0.39, 0.29) is 23.4 Å². The van der Waals surface area contributed by atoms with Crippen molar-refractivity contribution in [2.24, 2.45) is 11.8 Å². The van der Waals surface area contributed by atoms with Crippen LogP contribution in [0, 0.1) is 17.7 Å². The van der Waals surface area contributed by atoms with Crippen LogP contribution in [0.2, 0.25) is 5.02 Å². The van der Waals surface area contributed by atoms with Crippen LogP contribution in [-0.4, -0.2) is 12.0 Å². The van der Waals surface area contributed by atoms with Crippen molar-refractivity contribution in [2.75, 3.05) is 0 Å². The number of hydrogen-bond acceptors (Lipinski definition) is 1. The van der Waals surface area contributed by atoms with Crippen molar-refractivity contribution >= 4 is 17.4 Å². The van der Waals surface area contributed by atoms with Crippen LogP contribution >= 0.6 is 11.6 Å². The van der Waals surface area contributed by atoms with Gasteiger partial charge in [0, 0.05) is 10.9 Å². The maximum atomic E-state index is 13.7. The van der Waals surface area contributed by atoms with Crippen molar-refractivity contribution in [1.29, 1.82) is 0 Å². The molecule has 0 radical (unpaired) electrons. The molecule has 0 aliphatic heterocycles. The molecular weight excluding hydrogens is 296 g/mol. The molecule has 2 atom stereocenters. The van der Waals surface area contributed by atoms with Gasteiger partial charge in [-0.3, -0.25) is 4.79 Å². The van der Waals surface area contributed by atoms with Crippen LogP contribution in [0.5, 0.6) is 0 Å². The van der Waals surface area contributed by atoms with Gasteiger partial charge in [0.25, 0.3) is 0 Å². The molecule has 0 saturated heterocycles.